The molecule has 0 spiro atoms. The van der Waals surface area contributed by atoms with Crippen LogP contribution in [-0.4, -0.2) is 24.6 Å². The summed E-state index contributed by atoms with van der Waals surface area (Å²) in [6.45, 7) is 2.58. The Hall–Kier alpha value is -2.83. The van der Waals surface area contributed by atoms with Crippen LogP contribution < -0.4 is 4.74 Å². The maximum atomic E-state index is 13.8. The summed E-state index contributed by atoms with van der Waals surface area (Å²) in [5.74, 6) is -0.169. The smallest absolute Gasteiger partial charge is 0.419 e. The molecule has 0 radical (unpaired) electrons. The van der Waals surface area contributed by atoms with E-state index in [2.05, 4.69) is 4.90 Å². The van der Waals surface area contributed by atoms with E-state index in [9.17, 15) is 13.2 Å². The molecule has 1 heterocycles. The van der Waals surface area contributed by atoms with Crippen molar-refractivity contribution in [1.29, 1.82) is 0 Å². The summed E-state index contributed by atoms with van der Waals surface area (Å²) in [6, 6.07) is 23.4. The number of alkyl halides is 3. The van der Waals surface area contributed by atoms with Gasteiger partial charge in [-0.25, -0.2) is 0 Å². The molecule has 0 N–H and O–H groups in total. The topological polar surface area (TPSA) is 21.7 Å². The number of rotatable bonds is 6. The van der Waals surface area contributed by atoms with E-state index in [4.69, 9.17) is 9.47 Å². The highest BCUT2D eigenvalue weighted by Crippen LogP contribution is 2.39. The minimum atomic E-state index is -4.51. The Labute approximate surface area is 180 Å². The zero-order valence-corrected chi connectivity index (χ0v) is 17.0. The van der Waals surface area contributed by atoms with Crippen molar-refractivity contribution < 1.29 is 22.6 Å². The minimum absolute atomic E-state index is 0.0774. The van der Waals surface area contributed by atoms with Gasteiger partial charge in [0, 0.05) is 19.6 Å². The number of hydrogen-bond donors (Lipinski definition) is 0. The van der Waals surface area contributed by atoms with E-state index < -0.39 is 17.8 Å². The van der Waals surface area contributed by atoms with Crippen LogP contribution in [0, 0.1) is 0 Å². The molecule has 6 heteroatoms. The third-order valence-electron chi connectivity index (χ3n) is 5.32. The average Bonchev–Trinajstić information content (AvgIpc) is 2.78. The molecule has 3 aromatic rings. The normalized spacial score (nSPS) is 17.5. The molecule has 162 valence electrons. The van der Waals surface area contributed by atoms with Gasteiger partial charge in [0.2, 0.25) is 0 Å². The Morgan fingerprint density at radius 3 is 2.26 bits per heavy atom. The van der Waals surface area contributed by atoms with Crippen LogP contribution in [0.1, 0.15) is 28.4 Å². The molecule has 31 heavy (non-hydrogen) atoms. The molecule has 3 aromatic carbocycles. The van der Waals surface area contributed by atoms with E-state index in [1.165, 1.54) is 11.6 Å². The van der Waals surface area contributed by atoms with Crippen molar-refractivity contribution in [1.82, 2.24) is 4.90 Å². The zero-order chi connectivity index (χ0) is 21.7. The van der Waals surface area contributed by atoms with Gasteiger partial charge in [-0.1, -0.05) is 66.7 Å². The van der Waals surface area contributed by atoms with Gasteiger partial charge in [0.05, 0.1) is 18.3 Å². The van der Waals surface area contributed by atoms with E-state index in [-0.39, 0.29) is 12.4 Å². The number of hydrogen-bond acceptors (Lipinski definition) is 3. The quantitative estimate of drug-likeness (QED) is 0.492. The van der Waals surface area contributed by atoms with Crippen molar-refractivity contribution >= 4 is 0 Å². The average molecular weight is 427 g/mol. The fourth-order valence-corrected chi connectivity index (χ4v) is 3.72. The van der Waals surface area contributed by atoms with Gasteiger partial charge in [0.15, 0.2) is 0 Å². The minimum Gasteiger partial charge on any atom is -0.488 e. The molecule has 4 rings (SSSR count). The van der Waals surface area contributed by atoms with Crippen LogP contribution >= 0.6 is 0 Å². The molecule has 0 bridgehead atoms. The molecule has 0 saturated carbocycles. The van der Waals surface area contributed by atoms with E-state index in [1.807, 2.05) is 60.7 Å². The van der Waals surface area contributed by atoms with Crippen LogP contribution in [0.3, 0.4) is 0 Å². The Kier molecular flexibility index (Phi) is 6.59. The summed E-state index contributed by atoms with van der Waals surface area (Å²) in [6.07, 6.45) is -4.93. The van der Waals surface area contributed by atoms with Crippen LogP contribution in [0.15, 0.2) is 78.9 Å². The molecule has 1 atom stereocenters. The first-order chi connectivity index (χ1) is 15.0. The molecular formula is C25H24F3NO2. The lowest BCUT2D eigenvalue weighted by Crippen LogP contribution is -2.37. The molecule has 3 nitrogen and oxygen atoms in total. The van der Waals surface area contributed by atoms with E-state index in [0.717, 1.165) is 24.7 Å². The molecule has 1 saturated heterocycles. The zero-order valence-electron chi connectivity index (χ0n) is 17.0. The molecule has 0 amide bonds. The van der Waals surface area contributed by atoms with Crippen molar-refractivity contribution in [3.8, 4) is 5.75 Å². The number of benzene rings is 3. The van der Waals surface area contributed by atoms with E-state index >= 15 is 0 Å². The van der Waals surface area contributed by atoms with Gasteiger partial charge in [-0.2, -0.15) is 13.2 Å². The largest absolute Gasteiger partial charge is 0.488 e. The van der Waals surface area contributed by atoms with Gasteiger partial charge in [-0.3, -0.25) is 4.90 Å². The SMILES string of the molecule is FC(F)(F)c1cc(C2CN(Cc3ccccc3)CCO2)ccc1OCc1ccccc1. The van der Waals surface area contributed by atoms with Crippen LogP contribution in [0.25, 0.3) is 0 Å². The Bertz CT molecular complexity index is 977. The first-order valence-corrected chi connectivity index (χ1v) is 10.2. The number of morpholine rings is 1. The summed E-state index contributed by atoms with van der Waals surface area (Å²) in [7, 11) is 0. The molecule has 1 unspecified atom stereocenters. The monoisotopic (exact) mass is 427 g/mol. The summed E-state index contributed by atoms with van der Waals surface area (Å²) < 4.78 is 52.6. The summed E-state index contributed by atoms with van der Waals surface area (Å²) in [5.41, 5.74) is 1.72. The van der Waals surface area contributed by atoms with Gasteiger partial charge in [-0.15, -0.1) is 0 Å². The lowest BCUT2D eigenvalue weighted by molar-refractivity contribution is -0.139. The third kappa shape index (κ3) is 5.66. The van der Waals surface area contributed by atoms with Crippen molar-refractivity contribution in [2.24, 2.45) is 0 Å². The van der Waals surface area contributed by atoms with Crippen LogP contribution in [0.5, 0.6) is 5.75 Å². The number of halogens is 3. The standard InChI is InChI=1S/C25H24F3NO2/c26-25(27,28)22-15-21(11-12-23(22)31-18-20-9-5-2-6-10-20)24-17-29(13-14-30-24)16-19-7-3-1-4-8-19/h1-12,15,24H,13-14,16-18H2. The van der Waals surface area contributed by atoms with E-state index in [1.54, 1.807) is 6.07 Å². The highest BCUT2D eigenvalue weighted by molar-refractivity contribution is 5.40. The van der Waals surface area contributed by atoms with Crippen molar-refractivity contribution in [2.45, 2.75) is 25.4 Å². The van der Waals surface area contributed by atoms with Crippen molar-refractivity contribution in [3.63, 3.8) is 0 Å². The lowest BCUT2D eigenvalue weighted by Gasteiger charge is -2.33. The van der Waals surface area contributed by atoms with Gasteiger partial charge >= 0.3 is 6.18 Å². The Morgan fingerprint density at radius 2 is 1.58 bits per heavy atom. The van der Waals surface area contributed by atoms with Crippen LogP contribution in [-0.2, 0) is 24.1 Å². The second kappa shape index (κ2) is 9.54. The van der Waals surface area contributed by atoms with Gasteiger partial charge in [0.1, 0.15) is 12.4 Å². The molecular weight excluding hydrogens is 403 g/mol. The maximum absolute atomic E-state index is 13.8. The predicted molar refractivity (Wildman–Crippen MR) is 113 cm³/mol. The lowest BCUT2D eigenvalue weighted by atomic mass is 10.0. The van der Waals surface area contributed by atoms with Crippen molar-refractivity contribution in [3.05, 3.63) is 101 Å². The van der Waals surface area contributed by atoms with Crippen LogP contribution in [0.2, 0.25) is 0 Å². The van der Waals surface area contributed by atoms with Crippen molar-refractivity contribution in [2.75, 3.05) is 19.7 Å². The molecule has 1 aliphatic rings. The summed E-state index contributed by atoms with van der Waals surface area (Å²) >= 11 is 0. The van der Waals surface area contributed by atoms with Crippen LogP contribution in [0.4, 0.5) is 13.2 Å². The molecule has 0 aromatic heterocycles. The predicted octanol–water partition coefficient (Wildman–Crippen LogP) is 5.86. The second-order valence-electron chi connectivity index (χ2n) is 7.61. The highest BCUT2D eigenvalue weighted by atomic mass is 19.4. The second-order valence-corrected chi connectivity index (χ2v) is 7.61. The summed E-state index contributed by atoms with van der Waals surface area (Å²) in [4.78, 5) is 2.20. The fraction of sp³-hybridized carbons (Fsp3) is 0.280. The Morgan fingerprint density at radius 1 is 0.903 bits per heavy atom. The first-order valence-electron chi connectivity index (χ1n) is 10.2. The highest BCUT2D eigenvalue weighted by Gasteiger charge is 2.36. The van der Waals surface area contributed by atoms with E-state index in [0.29, 0.717) is 18.7 Å². The number of ether oxygens (including phenoxy) is 2. The third-order valence-corrected chi connectivity index (χ3v) is 5.32. The number of nitrogens with zero attached hydrogens (tertiary/aromatic N) is 1. The Balaban J connectivity index is 1.50. The first kappa shape index (κ1) is 21.4. The molecule has 1 aliphatic heterocycles. The van der Waals surface area contributed by atoms with Gasteiger partial charge in [0.25, 0.3) is 0 Å². The molecule has 1 fully saturated rings. The molecule has 0 aliphatic carbocycles. The summed E-state index contributed by atoms with van der Waals surface area (Å²) in [5, 5.41) is 0. The maximum Gasteiger partial charge on any atom is 0.419 e. The van der Waals surface area contributed by atoms with Gasteiger partial charge in [-0.05, 0) is 28.8 Å². The fourth-order valence-electron chi connectivity index (χ4n) is 3.72. The van der Waals surface area contributed by atoms with Gasteiger partial charge < -0.3 is 9.47 Å².